The normalized spacial score (nSPS) is 8.90. The number of rotatable bonds is 0. The van der Waals surface area contributed by atoms with Gasteiger partial charge in [0.15, 0.2) is 5.69 Å². The average molecular weight is 309 g/mol. The highest BCUT2D eigenvalue weighted by atomic mass is 127. The van der Waals surface area contributed by atoms with Crippen molar-refractivity contribution in [2.75, 3.05) is 0 Å². The molecular formula is C6H2BrIN2. The molecule has 1 aromatic heterocycles. The van der Waals surface area contributed by atoms with Gasteiger partial charge in [0.05, 0.1) is 4.47 Å². The smallest absolute Gasteiger partial charge is 0.155 e. The van der Waals surface area contributed by atoms with E-state index in [1.807, 2.05) is 18.2 Å². The fraction of sp³-hybridized carbons (Fsp3) is 0. The van der Waals surface area contributed by atoms with Gasteiger partial charge in [0.1, 0.15) is 9.77 Å². The van der Waals surface area contributed by atoms with E-state index >= 15 is 0 Å². The molecule has 2 nitrogen and oxygen atoms in total. The average Bonchev–Trinajstić information content (AvgIpc) is 1.94. The van der Waals surface area contributed by atoms with E-state index in [1.54, 1.807) is 0 Å². The van der Waals surface area contributed by atoms with Crippen molar-refractivity contribution in [1.29, 1.82) is 5.26 Å². The van der Waals surface area contributed by atoms with Crippen LogP contribution in [-0.2, 0) is 0 Å². The molecule has 0 saturated carbocycles. The first kappa shape index (κ1) is 7.95. The lowest BCUT2D eigenvalue weighted by Crippen LogP contribution is -1.86. The number of nitrogens with zero attached hydrogens (tertiary/aromatic N) is 2. The molecule has 4 heteroatoms. The van der Waals surface area contributed by atoms with Gasteiger partial charge in [0.2, 0.25) is 0 Å². The molecule has 0 fully saturated rings. The first-order valence-corrected chi connectivity index (χ1v) is 4.33. The van der Waals surface area contributed by atoms with E-state index in [0.29, 0.717) is 5.69 Å². The standard InChI is InChI=1S/C6H2BrIN2/c7-4-1-2-6(8)10-5(4)3-9/h1-2H. The summed E-state index contributed by atoms with van der Waals surface area (Å²) in [6, 6.07) is 5.62. The number of hydrogen-bond donors (Lipinski definition) is 0. The van der Waals surface area contributed by atoms with Crippen LogP contribution in [0.15, 0.2) is 16.6 Å². The van der Waals surface area contributed by atoms with Crippen LogP contribution in [0.5, 0.6) is 0 Å². The van der Waals surface area contributed by atoms with E-state index in [2.05, 4.69) is 43.5 Å². The van der Waals surface area contributed by atoms with E-state index < -0.39 is 0 Å². The van der Waals surface area contributed by atoms with Crippen LogP contribution in [0.4, 0.5) is 0 Å². The molecule has 0 N–H and O–H groups in total. The van der Waals surface area contributed by atoms with Gasteiger partial charge in [-0.15, -0.1) is 0 Å². The van der Waals surface area contributed by atoms with Crippen LogP contribution < -0.4 is 0 Å². The van der Waals surface area contributed by atoms with E-state index in [0.717, 1.165) is 8.17 Å². The maximum atomic E-state index is 8.50. The van der Waals surface area contributed by atoms with Gasteiger partial charge in [-0.05, 0) is 50.7 Å². The van der Waals surface area contributed by atoms with Crippen LogP contribution in [0.1, 0.15) is 5.69 Å². The van der Waals surface area contributed by atoms with Crippen molar-refractivity contribution in [3.63, 3.8) is 0 Å². The highest BCUT2D eigenvalue weighted by Crippen LogP contribution is 2.14. The van der Waals surface area contributed by atoms with Gasteiger partial charge < -0.3 is 0 Å². The van der Waals surface area contributed by atoms with E-state index in [1.165, 1.54) is 0 Å². The number of nitriles is 1. The molecule has 0 aliphatic heterocycles. The molecule has 1 aromatic rings. The zero-order valence-corrected chi connectivity index (χ0v) is 8.55. The second kappa shape index (κ2) is 3.30. The molecule has 50 valence electrons. The Labute approximate surface area is 80.5 Å². The first-order valence-electron chi connectivity index (χ1n) is 2.46. The summed E-state index contributed by atoms with van der Waals surface area (Å²) in [5.74, 6) is 0. The summed E-state index contributed by atoms with van der Waals surface area (Å²) in [5.41, 5.74) is 0.437. The summed E-state index contributed by atoms with van der Waals surface area (Å²) in [6.45, 7) is 0. The Kier molecular flexibility index (Phi) is 2.63. The second-order valence-electron chi connectivity index (χ2n) is 1.58. The molecule has 0 aliphatic rings. The highest BCUT2D eigenvalue weighted by molar-refractivity contribution is 14.1. The largest absolute Gasteiger partial charge is 0.230 e. The molecule has 0 atom stereocenters. The Morgan fingerprint density at radius 3 is 2.80 bits per heavy atom. The Morgan fingerprint density at radius 2 is 2.30 bits per heavy atom. The number of aromatic nitrogens is 1. The van der Waals surface area contributed by atoms with E-state index in [-0.39, 0.29) is 0 Å². The molecule has 0 saturated heterocycles. The summed E-state index contributed by atoms with van der Waals surface area (Å²) < 4.78 is 1.58. The van der Waals surface area contributed by atoms with Gasteiger partial charge in [0.25, 0.3) is 0 Å². The molecule has 1 rings (SSSR count). The van der Waals surface area contributed by atoms with Crippen molar-refractivity contribution in [2.45, 2.75) is 0 Å². The fourth-order valence-electron chi connectivity index (χ4n) is 0.497. The predicted molar refractivity (Wildman–Crippen MR) is 49.4 cm³/mol. The summed E-state index contributed by atoms with van der Waals surface area (Å²) in [4.78, 5) is 3.97. The highest BCUT2D eigenvalue weighted by Gasteiger charge is 1.98. The maximum Gasteiger partial charge on any atom is 0.155 e. The van der Waals surface area contributed by atoms with Gasteiger partial charge in [-0.2, -0.15) is 5.26 Å². The second-order valence-corrected chi connectivity index (χ2v) is 3.54. The van der Waals surface area contributed by atoms with Crippen molar-refractivity contribution in [3.05, 3.63) is 26.0 Å². The monoisotopic (exact) mass is 308 g/mol. The third kappa shape index (κ3) is 1.67. The van der Waals surface area contributed by atoms with Crippen LogP contribution >= 0.6 is 38.5 Å². The van der Waals surface area contributed by atoms with Gasteiger partial charge in [-0.1, -0.05) is 0 Å². The molecule has 0 unspecified atom stereocenters. The lowest BCUT2D eigenvalue weighted by atomic mass is 10.4. The number of halogens is 2. The molecule has 0 aromatic carbocycles. The van der Waals surface area contributed by atoms with Gasteiger partial charge in [0, 0.05) is 0 Å². The minimum Gasteiger partial charge on any atom is -0.230 e. The zero-order valence-electron chi connectivity index (χ0n) is 4.81. The van der Waals surface area contributed by atoms with Crippen molar-refractivity contribution < 1.29 is 0 Å². The van der Waals surface area contributed by atoms with Gasteiger partial charge in [-0.3, -0.25) is 0 Å². The van der Waals surface area contributed by atoms with Crippen molar-refractivity contribution >= 4 is 38.5 Å². The molecule has 0 spiro atoms. The van der Waals surface area contributed by atoms with Crippen molar-refractivity contribution in [3.8, 4) is 6.07 Å². The molecule has 1 heterocycles. The summed E-state index contributed by atoms with van der Waals surface area (Å²) >= 11 is 5.26. The Morgan fingerprint density at radius 1 is 1.60 bits per heavy atom. The van der Waals surface area contributed by atoms with E-state index in [9.17, 15) is 0 Å². The Balaban J connectivity index is 3.25. The predicted octanol–water partition coefficient (Wildman–Crippen LogP) is 2.32. The Bertz CT molecular complexity index is 292. The van der Waals surface area contributed by atoms with Gasteiger partial charge in [-0.25, -0.2) is 4.98 Å². The molecule has 0 aliphatic carbocycles. The first-order chi connectivity index (χ1) is 4.74. The SMILES string of the molecule is N#Cc1nc(I)ccc1Br. The quantitative estimate of drug-likeness (QED) is 0.545. The third-order valence-electron chi connectivity index (χ3n) is 0.918. The number of hydrogen-bond acceptors (Lipinski definition) is 2. The van der Waals surface area contributed by atoms with Crippen LogP contribution in [0.3, 0.4) is 0 Å². The topological polar surface area (TPSA) is 36.7 Å². The van der Waals surface area contributed by atoms with Crippen molar-refractivity contribution in [1.82, 2.24) is 4.98 Å². The van der Waals surface area contributed by atoms with Crippen LogP contribution in [0.25, 0.3) is 0 Å². The molecule has 0 amide bonds. The maximum absolute atomic E-state index is 8.50. The molecular weight excluding hydrogens is 307 g/mol. The number of pyridine rings is 1. The molecule has 0 radical (unpaired) electrons. The third-order valence-corrected chi connectivity index (χ3v) is 2.16. The van der Waals surface area contributed by atoms with Gasteiger partial charge >= 0.3 is 0 Å². The summed E-state index contributed by atoms with van der Waals surface area (Å²) in [5, 5.41) is 8.50. The summed E-state index contributed by atoms with van der Waals surface area (Å²) in [6.07, 6.45) is 0. The minimum atomic E-state index is 0.437. The van der Waals surface area contributed by atoms with E-state index in [4.69, 9.17) is 5.26 Å². The van der Waals surface area contributed by atoms with Crippen LogP contribution in [0, 0.1) is 15.0 Å². The van der Waals surface area contributed by atoms with Crippen LogP contribution in [-0.4, -0.2) is 4.98 Å². The fourth-order valence-corrected chi connectivity index (χ4v) is 1.23. The molecule has 0 bridgehead atoms. The Hall–Kier alpha value is -0.150. The zero-order chi connectivity index (χ0) is 7.56. The minimum absolute atomic E-state index is 0.437. The molecule has 10 heavy (non-hydrogen) atoms. The van der Waals surface area contributed by atoms with Crippen molar-refractivity contribution in [2.24, 2.45) is 0 Å². The lowest BCUT2D eigenvalue weighted by molar-refractivity contribution is 1.20. The van der Waals surface area contributed by atoms with Crippen LogP contribution in [0.2, 0.25) is 0 Å². The summed E-state index contributed by atoms with van der Waals surface area (Å²) in [7, 11) is 0. The lowest BCUT2D eigenvalue weighted by Gasteiger charge is -1.92.